The van der Waals surface area contributed by atoms with Crippen LogP contribution >= 0.6 is 0 Å². The lowest BCUT2D eigenvalue weighted by Gasteiger charge is -2.16. The molecule has 1 aliphatic rings. The number of allylic oxidation sites excluding steroid dienone is 1. The maximum absolute atomic E-state index is 12.7. The van der Waals surface area contributed by atoms with Gasteiger partial charge in [0.2, 0.25) is 0 Å². The molecule has 0 saturated carbocycles. The highest BCUT2D eigenvalue weighted by Crippen LogP contribution is 2.31. The standard InChI is InChI=1S/C18H21NO5/c1-12-16(18(21)24-4)15(17(20)19(12)9-10-22-2)11-13-5-7-14(23-3)8-6-13/h5-8,11H,9-10H2,1-4H3/b15-11-. The van der Waals surface area contributed by atoms with Gasteiger partial charge in [0, 0.05) is 19.4 Å². The maximum Gasteiger partial charge on any atom is 0.340 e. The molecule has 0 fully saturated rings. The molecule has 1 aliphatic heterocycles. The topological polar surface area (TPSA) is 65.1 Å². The molecule has 0 aliphatic carbocycles. The summed E-state index contributed by atoms with van der Waals surface area (Å²) < 4.78 is 15.0. The van der Waals surface area contributed by atoms with Gasteiger partial charge in [-0.2, -0.15) is 0 Å². The van der Waals surface area contributed by atoms with E-state index in [1.807, 2.05) is 12.1 Å². The zero-order chi connectivity index (χ0) is 17.7. The molecule has 0 atom stereocenters. The second-order valence-corrected chi connectivity index (χ2v) is 5.23. The average Bonchev–Trinajstić information content (AvgIpc) is 2.83. The molecule has 0 N–H and O–H groups in total. The summed E-state index contributed by atoms with van der Waals surface area (Å²) in [7, 11) is 4.45. The van der Waals surface area contributed by atoms with Gasteiger partial charge in [0.05, 0.1) is 32.0 Å². The van der Waals surface area contributed by atoms with E-state index in [2.05, 4.69) is 0 Å². The number of hydrogen-bond donors (Lipinski definition) is 0. The lowest BCUT2D eigenvalue weighted by molar-refractivity contribution is -0.136. The van der Waals surface area contributed by atoms with Crippen molar-refractivity contribution in [1.29, 1.82) is 0 Å². The molecule has 128 valence electrons. The van der Waals surface area contributed by atoms with E-state index in [9.17, 15) is 9.59 Å². The van der Waals surface area contributed by atoms with Crippen LogP contribution in [0.5, 0.6) is 5.75 Å². The summed E-state index contributed by atoms with van der Waals surface area (Å²) in [5.74, 6) is -0.0437. The summed E-state index contributed by atoms with van der Waals surface area (Å²) in [5.41, 5.74) is 1.97. The van der Waals surface area contributed by atoms with Gasteiger partial charge in [-0.25, -0.2) is 4.79 Å². The number of amides is 1. The number of rotatable bonds is 6. The first-order valence-electron chi connectivity index (χ1n) is 7.49. The van der Waals surface area contributed by atoms with Crippen molar-refractivity contribution in [3.63, 3.8) is 0 Å². The van der Waals surface area contributed by atoms with Gasteiger partial charge in [-0.05, 0) is 30.7 Å². The van der Waals surface area contributed by atoms with Gasteiger partial charge in [0.15, 0.2) is 0 Å². The Morgan fingerprint density at radius 2 is 1.83 bits per heavy atom. The summed E-state index contributed by atoms with van der Waals surface area (Å²) in [6, 6.07) is 7.23. The number of ether oxygens (including phenoxy) is 3. The smallest absolute Gasteiger partial charge is 0.340 e. The zero-order valence-corrected chi connectivity index (χ0v) is 14.3. The fourth-order valence-electron chi connectivity index (χ4n) is 2.55. The Morgan fingerprint density at radius 1 is 1.17 bits per heavy atom. The third-order valence-electron chi connectivity index (χ3n) is 3.85. The minimum atomic E-state index is -0.527. The number of hydrogen-bond acceptors (Lipinski definition) is 5. The van der Waals surface area contributed by atoms with Crippen LogP contribution in [0.25, 0.3) is 6.08 Å². The summed E-state index contributed by atoms with van der Waals surface area (Å²) in [6.07, 6.45) is 1.68. The first-order valence-corrected chi connectivity index (χ1v) is 7.49. The number of methoxy groups -OCH3 is 3. The zero-order valence-electron chi connectivity index (χ0n) is 14.3. The van der Waals surface area contributed by atoms with Crippen molar-refractivity contribution in [1.82, 2.24) is 4.90 Å². The van der Waals surface area contributed by atoms with Crippen LogP contribution in [0.3, 0.4) is 0 Å². The molecular weight excluding hydrogens is 310 g/mol. The van der Waals surface area contributed by atoms with E-state index in [0.717, 1.165) is 11.3 Å². The number of carbonyl (C=O) groups is 2. The first kappa shape index (κ1) is 17.7. The van der Waals surface area contributed by atoms with E-state index in [1.54, 1.807) is 39.4 Å². The largest absolute Gasteiger partial charge is 0.497 e. The Kier molecular flexibility index (Phi) is 5.76. The minimum Gasteiger partial charge on any atom is -0.497 e. The second-order valence-electron chi connectivity index (χ2n) is 5.23. The summed E-state index contributed by atoms with van der Waals surface area (Å²) in [5, 5.41) is 0. The van der Waals surface area contributed by atoms with Crippen molar-refractivity contribution in [2.45, 2.75) is 6.92 Å². The molecule has 0 radical (unpaired) electrons. The molecule has 24 heavy (non-hydrogen) atoms. The van der Waals surface area contributed by atoms with Crippen LogP contribution in [0, 0.1) is 0 Å². The van der Waals surface area contributed by atoms with Gasteiger partial charge >= 0.3 is 5.97 Å². The Bertz CT molecular complexity index is 688. The SMILES string of the molecule is COCCN1C(=O)/C(=C\c2ccc(OC)cc2)C(C(=O)OC)=C1C. The van der Waals surface area contributed by atoms with E-state index < -0.39 is 5.97 Å². The average molecular weight is 331 g/mol. The van der Waals surface area contributed by atoms with E-state index in [1.165, 1.54) is 12.0 Å². The normalized spacial score (nSPS) is 16.1. The molecule has 0 spiro atoms. The fourth-order valence-corrected chi connectivity index (χ4v) is 2.55. The van der Waals surface area contributed by atoms with Crippen molar-refractivity contribution < 1.29 is 23.8 Å². The maximum atomic E-state index is 12.7. The summed E-state index contributed by atoms with van der Waals surface area (Å²) >= 11 is 0. The Morgan fingerprint density at radius 3 is 2.38 bits per heavy atom. The molecular formula is C18H21NO5. The van der Waals surface area contributed by atoms with Crippen molar-refractivity contribution in [2.75, 3.05) is 34.5 Å². The van der Waals surface area contributed by atoms with Crippen LogP contribution < -0.4 is 4.74 Å². The van der Waals surface area contributed by atoms with Gasteiger partial charge in [-0.3, -0.25) is 4.79 Å². The lowest BCUT2D eigenvalue weighted by atomic mass is 10.0. The molecule has 1 aromatic carbocycles. The monoisotopic (exact) mass is 331 g/mol. The predicted molar refractivity (Wildman–Crippen MR) is 89.3 cm³/mol. The fraction of sp³-hybridized carbons (Fsp3) is 0.333. The number of benzene rings is 1. The Labute approximate surface area is 141 Å². The van der Waals surface area contributed by atoms with Crippen LogP contribution in [0.4, 0.5) is 0 Å². The van der Waals surface area contributed by atoms with Crippen molar-refractivity contribution >= 4 is 18.0 Å². The first-order chi connectivity index (χ1) is 11.5. The third-order valence-corrected chi connectivity index (χ3v) is 3.85. The van der Waals surface area contributed by atoms with Crippen LogP contribution in [0.2, 0.25) is 0 Å². The van der Waals surface area contributed by atoms with Crippen molar-refractivity contribution in [3.05, 3.63) is 46.7 Å². The van der Waals surface area contributed by atoms with Gasteiger partial charge in [-0.1, -0.05) is 12.1 Å². The van der Waals surface area contributed by atoms with E-state index in [4.69, 9.17) is 14.2 Å². The molecule has 0 saturated heterocycles. The molecule has 1 aromatic rings. The molecule has 1 amide bonds. The van der Waals surface area contributed by atoms with E-state index >= 15 is 0 Å². The molecule has 0 aromatic heterocycles. The molecule has 1 heterocycles. The van der Waals surface area contributed by atoms with Gasteiger partial charge in [-0.15, -0.1) is 0 Å². The van der Waals surface area contributed by atoms with E-state index in [0.29, 0.717) is 24.4 Å². The lowest BCUT2D eigenvalue weighted by Crippen LogP contribution is -2.28. The highest BCUT2D eigenvalue weighted by atomic mass is 16.5. The molecule has 0 bridgehead atoms. The minimum absolute atomic E-state index is 0.235. The highest BCUT2D eigenvalue weighted by molar-refractivity contribution is 6.16. The quantitative estimate of drug-likeness (QED) is 0.589. The van der Waals surface area contributed by atoms with Crippen molar-refractivity contribution in [2.24, 2.45) is 0 Å². The molecule has 0 unspecified atom stereocenters. The Hall–Kier alpha value is -2.60. The van der Waals surface area contributed by atoms with Gasteiger partial charge < -0.3 is 19.1 Å². The van der Waals surface area contributed by atoms with Crippen LogP contribution in [-0.2, 0) is 19.1 Å². The van der Waals surface area contributed by atoms with Crippen LogP contribution in [0.15, 0.2) is 41.1 Å². The molecule has 6 heteroatoms. The number of esters is 1. The summed E-state index contributed by atoms with van der Waals surface area (Å²) in [6.45, 7) is 2.49. The van der Waals surface area contributed by atoms with Gasteiger partial charge in [0.1, 0.15) is 5.75 Å². The van der Waals surface area contributed by atoms with Crippen molar-refractivity contribution in [3.8, 4) is 5.75 Å². The number of nitrogens with zero attached hydrogens (tertiary/aromatic N) is 1. The third kappa shape index (κ3) is 3.49. The van der Waals surface area contributed by atoms with E-state index in [-0.39, 0.29) is 11.5 Å². The summed E-state index contributed by atoms with van der Waals surface area (Å²) in [4.78, 5) is 26.4. The molecule has 2 rings (SSSR count). The van der Waals surface area contributed by atoms with Crippen LogP contribution in [-0.4, -0.2) is 51.3 Å². The number of carbonyl (C=O) groups excluding carboxylic acids is 2. The molecule has 6 nitrogen and oxygen atoms in total. The van der Waals surface area contributed by atoms with Crippen LogP contribution in [0.1, 0.15) is 12.5 Å². The Balaban J connectivity index is 2.43. The second kappa shape index (κ2) is 7.79. The van der Waals surface area contributed by atoms with Gasteiger partial charge in [0.25, 0.3) is 5.91 Å². The highest BCUT2D eigenvalue weighted by Gasteiger charge is 2.36. The predicted octanol–water partition coefficient (Wildman–Crippen LogP) is 2.01.